The van der Waals surface area contributed by atoms with Crippen molar-refractivity contribution in [3.05, 3.63) is 77.4 Å². The summed E-state index contributed by atoms with van der Waals surface area (Å²) in [6.45, 7) is 9.67. The van der Waals surface area contributed by atoms with Gasteiger partial charge in [-0.3, -0.25) is 14.4 Å². The predicted octanol–water partition coefficient (Wildman–Crippen LogP) is 6.68. The second kappa shape index (κ2) is 12.2. The van der Waals surface area contributed by atoms with Crippen molar-refractivity contribution in [3.8, 4) is 5.75 Å². The molecule has 6 rings (SSSR count). The lowest BCUT2D eigenvalue weighted by Crippen LogP contribution is -2.50. The quantitative estimate of drug-likeness (QED) is 0.188. The number of benzene rings is 3. The Hall–Kier alpha value is -3.45. The van der Waals surface area contributed by atoms with E-state index in [2.05, 4.69) is 50.0 Å². The van der Waals surface area contributed by atoms with E-state index in [9.17, 15) is 14.4 Å². The minimum Gasteiger partial charge on any atom is -0.493 e. The van der Waals surface area contributed by atoms with Crippen molar-refractivity contribution in [2.75, 3.05) is 19.8 Å². The highest BCUT2D eigenvalue weighted by Gasteiger charge is 2.57. The van der Waals surface area contributed by atoms with Crippen LogP contribution in [-0.2, 0) is 30.3 Å². The molecule has 0 aromatic heterocycles. The summed E-state index contributed by atoms with van der Waals surface area (Å²) < 4.78 is 17.4. The molecule has 3 aromatic rings. The van der Waals surface area contributed by atoms with E-state index in [1.807, 2.05) is 37.3 Å². The molecule has 1 saturated carbocycles. The van der Waals surface area contributed by atoms with Crippen LogP contribution in [0.15, 0.2) is 60.7 Å². The zero-order valence-electron chi connectivity index (χ0n) is 24.5. The smallest absolute Gasteiger partial charge is 0.310 e. The minimum atomic E-state index is -1.40. The third-order valence-electron chi connectivity index (χ3n) is 8.30. The molecule has 3 aromatic carbocycles. The van der Waals surface area contributed by atoms with E-state index in [1.165, 1.54) is 16.3 Å². The van der Waals surface area contributed by atoms with Crippen molar-refractivity contribution >= 4 is 36.6 Å². The Kier molecular flexibility index (Phi) is 8.64. The van der Waals surface area contributed by atoms with Crippen molar-refractivity contribution in [2.24, 2.45) is 11.8 Å². The number of esters is 2. The lowest BCUT2D eigenvalue weighted by Gasteiger charge is -2.46. The number of fused-ring (bicyclic) bond motifs is 3. The van der Waals surface area contributed by atoms with Crippen LogP contribution in [0.1, 0.15) is 48.3 Å². The number of ether oxygens (including phenoxy) is 3. The van der Waals surface area contributed by atoms with Crippen LogP contribution in [0.3, 0.4) is 0 Å². The SMILES string of the molecule is CCCOC(=O)[C@H]1C(C(=O)OCC[Si](C)(C)C)C2CC(=O)[C@H]1c1cc(OCCc3ccc4ccccc4c3)ccc12. The van der Waals surface area contributed by atoms with Gasteiger partial charge in [0.05, 0.1) is 37.6 Å². The lowest BCUT2D eigenvalue weighted by atomic mass is 9.55. The first kappa shape index (κ1) is 29.1. The number of hydrogen-bond acceptors (Lipinski definition) is 6. The Labute approximate surface area is 243 Å². The molecule has 0 radical (unpaired) electrons. The molecule has 2 unspecified atom stereocenters. The van der Waals surface area contributed by atoms with Crippen LogP contribution in [0.5, 0.6) is 5.75 Å². The maximum absolute atomic E-state index is 13.5. The van der Waals surface area contributed by atoms with Crippen molar-refractivity contribution in [2.45, 2.75) is 63.7 Å². The summed E-state index contributed by atoms with van der Waals surface area (Å²) in [5.41, 5.74) is 2.90. The molecule has 4 atom stereocenters. The van der Waals surface area contributed by atoms with Gasteiger partial charge in [-0.05, 0) is 52.1 Å². The van der Waals surface area contributed by atoms with E-state index >= 15 is 0 Å². The van der Waals surface area contributed by atoms with Crippen LogP contribution in [0.25, 0.3) is 10.8 Å². The van der Waals surface area contributed by atoms with Crippen LogP contribution in [0.4, 0.5) is 0 Å². The van der Waals surface area contributed by atoms with Gasteiger partial charge in [0.1, 0.15) is 11.5 Å². The van der Waals surface area contributed by atoms with E-state index in [0.29, 0.717) is 25.4 Å². The fourth-order valence-electron chi connectivity index (χ4n) is 6.18. The molecule has 0 amide bonds. The highest BCUT2D eigenvalue weighted by atomic mass is 28.3. The third-order valence-corrected chi connectivity index (χ3v) is 10.0. The first-order valence-corrected chi connectivity index (χ1v) is 18.5. The maximum atomic E-state index is 13.5. The predicted molar refractivity (Wildman–Crippen MR) is 162 cm³/mol. The molecule has 0 spiro atoms. The number of hydrogen-bond donors (Lipinski definition) is 0. The normalized spacial score (nSPS) is 21.4. The summed E-state index contributed by atoms with van der Waals surface area (Å²) in [6, 6.07) is 21.3. The molecule has 41 heavy (non-hydrogen) atoms. The molecule has 1 fully saturated rings. The first-order valence-electron chi connectivity index (χ1n) is 14.8. The van der Waals surface area contributed by atoms with Crippen molar-refractivity contribution < 1.29 is 28.6 Å². The molecule has 3 aliphatic rings. The fourth-order valence-corrected chi connectivity index (χ4v) is 6.89. The maximum Gasteiger partial charge on any atom is 0.310 e. The minimum absolute atomic E-state index is 0.0274. The first-order chi connectivity index (χ1) is 19.7. The van der Waals surface area contributed by atoms with Gasteiger partial charge in [0, 0.05) is 26.8 Å². The van der Waals surface area contributed by atoms with Gasteiger partial charge in [0.15, 0.2) is 0 Å². The molecule has 7 heteroatoms. The molecular weight excluding hydrogens is 532 g/mol. The summed E-state index contributed by atoms with van der Waals surface area (Å²) in [5.74, 6) is -3.02. The Morgan fingerprint density at radius 1 is 0.829 bits per heavy atom. The van der Waals surface area contributed by atoms with Gasteiger partial charge in [-0.15, -0.1) is 0 Å². The number of carbonyl (C=O) groups excluding carboxylic acids is 3. The Morgan fingerprint density at radius 3 is 2.32 bits per heavy atom. The van der Waals surface area contributed by atoms with Gasteiger partial charge >= 0.3 is 11.9 Å². The van der Waals surface area contributed by atoms with E-state index < -0.39 is 43.7 Å². The van der Waals surface area contributed by atoms with Gasteiger partial charge in [0.25, 0.3) is 0 Å². The summed E-state index contributed by atoms with van der Waals surface area (Å²) in [7, 11) is -1.40. The van der Waals surface area contributed by atoms with Gasteiger partial charge in [-0.25, -0.2) is 0 Å². The average Bonchev–Trinajstić information content (AvgIpc) is 2.94. The van der Waals surface area contributed by atoms with Gasteiger partial charge < -0.3 is 14.2 Å². The zero-order valence-corrected chi connectivity index (χ0v) is 25.5. The summed E-state index contributed by atoms with van der Waals surface area (Å²) in [6.07, 6.45) is 1.63. The van der Waals surface area contributed by atoms with Crippen molar-refractivity contribution in [1.29, 1.82) is 0 Å². The molecule has 0 aliphatic heterocycles. The Bertz CT molecular complexity index is 1440. The number of ketones is 1. The summed E-state index contributed by atoms with van der Waals surface area (Å²) in [4.78, 5) is 40.1. The van der Waals surface area contributed by atoms with E-state index in [4.69, 9.17) is 14.2 Å². The lowest BCUT2D eigenvalue weighted by molar-refractivity contribution is -0.167. The van der Waals surface area contributed by atoms with E-state index in [1.54, 1.807) is 0 Å². The summed E-state index contributed by atoms with van der Waals surface area (Å²) in [5, 5.41) is 2.40. The number of rotatable bonds is 11. The molecular formula is C34H40O6Si. The molecule has 0 heterocycles. The standard InChI is InChI=1S/C34H40O6Si/c1-5-15-39-34(37)32-30-27-20-25(38-16-14-22-10-11-23-8-6-7-9-24(23)19-22)12-13-26(27)28(21-29(30)35)31(32)33(36)40-17-18-41(2,3)4/h6-13,19-20,28,30-32H,5,14-18,21H2,1-4H3/t28?,30-,31?,32-/m1/s1. The van der Waals surface area contributed by atoms with Crippen LogP contribution in [0, 0.1) is 11.8 Å². The Balaban J connectivity index is 1.36. The molecule has 6 nitrogen and oxygen atoms in total. The topological polar surface area (TPSA) is 78.9 Å². The Morgan fingerprint density at radius 2 is 1.56 bits per heavy atom. The number of Topliss-reactive ketones (excluding diaryl/α,β-unsaturated/α-hetero) is 1. The molecule has 216 valence electrons. The molecule has 0 saturated heterocycles. The number of carbonyl (C=O) groups is 3. The summed E-state index contributed by atoms with van der Waals surface area (Å²) >= 11 is 0. The van der Waals surface area contributed by atoms with Gasteiger partial charge in [0.2, 0.25) is 0 Å². The largest absolute Gasteiger partial charge is 0.493 e. The fraction of sp³-hybridized carbons (Fsp3) is 0.441. The van der Waals surface area contributed by atoms with Crippen molar-refractivity contribution in [1.82, 2.24) is 0 Å². The van der Waals surface area contributed by atoms with Gasteiger partial charge in [-0.1, -0.05) is 75.1 Å². The highest BCUT2D eigenvalue weighted by molar-refractivity contribution is 6.76. The van der Waals surface area contributed by atoms with E-state index in [-0.39, 0.29) is 18.8 Å². The van der Waals surface area contributed by atoms with Crippen LogP contribution in [-0.4, -0.2) is 45.6 Å². The van der Waals surface area contributed by atoms with E-state index in [0.717, 1.165) is 23.6 Å². The zero-order chi connectivity index (χ0) is 29.1. The van der Waals surface area contributed by atoms with Crippen LogP contribution >= 0.6 is 0 Å². The molecule has 0 N–H and O–H groups in total. The van der Waals surface area contributed by atoms with Crippen LogP contribution < -0.4 is 4.74 Å². The molecule has 2 bridgehead atoms. The monoisotopic (exact) mass is 572 g/mol. The third kappa shape index (κ3) is 6.40. The average molecular weight is 573 g/mol. The highest BCUT2D eigenvalue weighted by Crippen LogP contribution is 2.55. The second-order valence-corrected chi connectivity index (χ2v) is 18.1. The van der Waals surface area contributed by atoms with Crippen LogP contribution in [0.2, 0.25) is 25.7 Å². The molecule has 3 aliphatic carbocycles. The van der Waals surface area contributed by atoms with Crippen molar-refractivity contribution in [3.63, 3.8) is 0 Å². The second-order valence-electron chi connectivity index (χ2n) is 12.5. The van der Waals surface area contributed by atoms with Gasteiger partial charge in [-0.2, -0.15) is 0 Å².